The van der Waals surface area contributed by atoms with Crippen molar-refractivity contribution in [2.75, 3.05) is 32.1 Å². The van der Waals surface area contributed by atoms with E-state index in [0.717, 1.165) is 11.8 Å². The second kappa shape index (κ2) is 12.1. The summed E-state index contributed by atoms with van der Waals surface area (Å²) in [6.07, 6.45) is -3.50. The Hall–Kier alpha value is -3.31. The van der Waals surface area contributed by atoms with Crippen LogP contribution in [0, 0.1) is 11.8 Å². The number of nitrogens with one attached hydrogen (secondary N) is 1. The first-order valence-corrected chi connectivity index (χ1v) is 10.5. The Morgan fingerprint density at radius 3 is 2.42 bits per heavy atom. The molecule has 1 amide bonds. The molecule has 2 rings (SSSR count). The maximum atomic E-state index is 13.9. The molecule has 2 aromatic rings. The molecule has 8 heteroatoms. The van der Waals surface area contributed by atoms with Gasteiger partial charge in [0.15, 0.2) is 0 Å². The third-order valence-corrected chi connectivity index (χ3v) is 5.06. The van der Waals surface area contributed by atoms with Gasteiger partial charge in [0.2, 0.25) is 0 Å². The van der Waals surface area contributed by atoms with Crippen LogP contribution in [0.3, 0.4) is 0 Å². The van der Waals surface area contributed by atoms with Gasteiger partial charge >= 0.3 is 6.18 Å². The fourth-order valence-electron chi connectivity index (χ4n) is 3.49. The minimum Gasteiger partial charge on any atom is -0.370 e. The van der Waals surface area contributed by atoms with Gasteiger partial charge in [0.1, 0.15) is 6.29 Å². The summed E-state index contributed by atoms with van der Waals surface area (Å²) < 4.78 is 41.8. The number of carbonyl (C=O) groups is 2. The van der Waals surface area contributed by atoms with Gasteiger partial charge in [0.05, 0.1) is 5.56 Å². The molecule has 0 spiro atoms. The van der Waals surface area contributed by atoms with E-state index in [1.807, 2.05) is 11.0 Å². The van der Waals surface area contributed by atoms with Gasteiger partial charge in [-0.3, -0.25) is 9.59 Å². The van der Waals surface area contributed by atoms with Gasteiger partial charge in [0, 0.05) is 37.9 Å². The second-order valence-electron chi connectivity index (χ2n) is 7.74. The Balaban J connectivity index is 2.18. The van der Waals surface area contributed by atoms with Crippen molar-refractivity contribution in [1.29, 1.82) is 0 Å². The van der Waals surface area contributed by atoms with Crippen LogP contribution in [0.2, 0.25) is 0 Å². The summed E-state index contributed by atoms with van der Waals surface area (Å²) >= 11 is 0. The normalized spacial score (nSPS) is 11.0. The maximum Gasteiger partial charge on any atom is 0.416 e. The van der Waals surface area contributed by atoms with Crippen LogP contribution in [-0.4, -0.2) is 44.3 Å². The Bertz CT molecular complexity index is 1010. The molecule has 0 fully saturated rings. The highest BCUT2D eigenvalue weighted by Crippen LogP contribution is 2.35. The predicted molar refractivity (Wildman–Crippen MR) is 123 cm³/mol. The number of halogens is 3. The minimum atomic E-state index is -4.59. The average molecular weight is 460 g/mol. The molecule has 0 aliphatic carbocycles. The molecule has 0 saturated carbocycles. The molecule has 1 N–H and O–H groups in total. The molecule has 5 nitrogen and oxygen atoms in total. The zero-order valence-corrected chi connectivity index (χ0v) is 19.0. The van der Waals surface area contributed by atoms with Crippen molar-refractivity contribution in [2.45, 2.75) is 32.6 Å². The third-order valence-electron chi connectivity index (χ3n) is 5.06. The molecule has 0 bridgehead atoms. The van der Waals surface area contributed by atoms with Crippen LogP contribution in [0.15, 0.2) is 42.5 Å². The fraction of sp³-hybridized carbons (Fsp3) is 0.360. The number of hydrogen-bond donors (Lipinski definition) is 1. The SMILES string of the molecule is CC#CC(=O)NCCCN(C)Cc1cc(C=O)c(CN(C)c2ccccc2)c(C(F)(F)F)c1. The largest absolute Gasteiger partial charge is 0.416 e. The van der Waals surface area contributed by atoms with Crippen molar-refractivity contribution in [2.24, 2.45) is 0 Å². The maximum absolute atomic E-state index is 13.9. The van der Waals surface area contributed by atoms with E-state index in [-0.39, 0.29) is 30.1 Å². The molecule has 0 aliphatic rings. The molecule has 0 atom stereocenters. The number of hydrogen-bond acceptors (Lipinski definition) is 4. The van der Waals surface area contributed by atoms with E-state index in [1.54, 1.807) is 50.2 Å². The molecule has 0 unspecified atom stereocenters. The number of rotatable bonds is 10. The van der Waals surface area contributed by atoms with Crippen LogP contribution in [0.4, 0.5) is 18.9 Å². The number of para-hydroxylation sites is 1. The Morgan fingerprint density at radius 2 is 1.82 bits per heavy atom. The smallest absolute Gasteiger partial charge is 0.370 e. The van der Waals surface area contributed by atoms with Crippen molar-refractivity contribution < 1.29 is 22.8 Å². The molecule has 2 aromatic carbocycles. The van der Waals surface area contributed by atoms with Gasteiger partial charge in [-0.25, -0.2) is 0 Å². The molecule has 0 aromatic heterocycles. The molecule has 0 saturated heterocycles. The molecule has 0 aliphatic heterocycles. The van der Waals surface area contributed by atoms with Crippen molar-refractivity contribution >= 4 is 17.9 Å². The standard InChI is InChI=1S/C25H28F3N3O2/c1-4-9-24(33)29-12-8-13-30(2)16-19-14-20(18-32)22(23(15-19)25(26,27)28)17-31(3)21-10-6-5-7-11-21/h5-7,10-11,14-15,18H,8,12-13,16-17H2,1-3H3,(H,29,33). The van der Waals surface area contributed by atoms with Gasteiger partial charge in [-0.1, -0.05) is 24.1 Å². The van der Waals surface area contributed by atoms with E-state index >= 15 is 0 Å². The molecular weight excluding hydrogens is 431 g/mol. The molecular formula is C25H28F3N3O2. The van der Waals surface area contributed by atoms with Crippen LogP contribution in [0.25, 0.3) is 0 Å². The van der Waals surface area contributed by atoms with E-state index in [0.29, 0.717) is 31.4 Å². The van der Waals surface area contributed by atoms with Gasteiger partial charge < -0.3 is 15.1 Å². The lowest BCUT2D eigenvalue weighted by atomic mass is 9.96. The molecule has 0 radical (unpaired) electrons. The number of alkyl halides is 3. The summed E-state index contributed by atoms with van der Waals surface area (Å²) in [5, 5.41) is 2.65. The van der Waals surface area contributed by atoms with Crippen molar-refractivity contribution in [1.82, 2.24) is 10.2 Å². The summed E-state index contributed by atoms with van der Waals surface area (Å²) in [5.41, 5.74) is 0.335. The van der Waals surface area contributed by atoms with Crippen LogP contribution < -0.4 is 10.2 Å². The van der Waals surface area contributed by atoms with E-state index in [4.69, 9.17) is 0 Å². The van der Waals surface area contributed by atoms with Gasteiger partial charge in [0.25, 0.3) is 5.91 Å². The zero-order valence-electron chi connectivity index (χ0n) is 19.0. The van der Waals surface area contributed by atoms with E-state index < -0.39 is 11.7 Å². The average Bonchev–Trinajstić information content (AvgIpc) is 2.77. The molecule has 33 heavy (non-hydrogen) atoms. The van der Waals surface area contributed by atoms with Crippen LogP contribution >= 0.6 is 0 Å². The van der Waals surface area contributed by atoms with Gasteiger partial charge in [-0.2, -0.15) is 13.2 Å². The highest BCUT2D eigenvalue weighted by atomic mass is 19.4. The van der Waals surface area contributed by atoms with Crippen LogP contribution in [-0.2, 0) is 24.1 Å². The third kappa shape index (κ3) is 7.95. The summed E-state index contributed by atoms with van der Waals surface area (Å²) in [7, 11) is 3.47. The number of benzene rings is 2. The van der Waals surface area contributed by atoms with Crippen molar-refractivity contribution in [3.05, 3.63) is 64.7 Å². The molecule has 176 valence electrons. The second-order valence-corrected chi connectivity index (χ2v) is 7.74. The number of aldehydes is 1. The minimum absolute atomic E-state index is 0.0291. The number of anilines is 1. The monoisotopic (exact) mass is 459 g/mol. The molecule has 0 heterocycles. The first kappa shape index (κ1) is 25.9. The number of nitrogens with zero attached hydrogens (tertiary/aromatic N) is 2. The lowest BCUT2D eigenvalue weighted by Crippen LogP contribution is -2.27. The Labute approximate surface area is 192 Å². The first-order valence-electron chi connectivity index (χ1n) is 10.5. The van der Waals surface area contributed by atoms with Crippen molar-refractivity contribution in [3.63, 3.8) is 0 Å². The Morgan fingerprint density at radius 1 is 1.12 bits per heavy atom. The van der Waals surface area contributed by atoms with E-state index in [9.17, 15) is 22.8 Å². The zero-order chi connectivity index (χ0) is 24.4. The summed E-state index contributed by atoms with van der Waals surface area (Å²) in [6, 6.07) is 11.7. The Kier molecular flexibility index (Phi) is 9.49. The quantitative estimate of drug-likeness (QED) is 0.330. The number of amides is 1. The van der Waals surface area contributed by atoms with Crippen LogP contribution in [0.1, 0.15) is 40.4 Å². The number of carbonyl (C=O) groups excluding carboxylic acids is 2. The highest BCUT2D eigenvalue weighted by Gasteiger charge is 2.35. The van der Waals surface area contributed by atoms with Crippen molar-refractivity contribution in [3.8, 4) is 11.8 Å². The van der Waals surface area contributed by atoms with Gasteiger partial charge in [-0.05, 0) is 68.2 Å². The van der Waals surface area contributed by atoms with Gasteiger partial charge in [-0.15, -0.1) is 0 Å². The summed E-state index contributed by atoms with van der Waals surface area (Å²) in [5.74, 6) is 4.53. The van der Waals surface area contributed by atoms with Crippen LogP contribution in [0.5, 0.6) is 0 Å². The topological polar surface area (TPSA) is 52.7 Å². The lowest BCUT2D eigenvalue weighted by molar-refractivity contribution is -0.138. The first-order chi connectivity index (χ1) is 15.7. The van der Waals surface area contributed by atoms with E-state index in [2.05, 4.69) is 17.2 Å². The van der Waals surface area contributed by atoms with E-state index in [1.165, 1.54) is 6.07 Å². The fourth-order valence-corrected chi connectivity index (χ4v) is 3.49. The predicted octanol–water partition coefficient (Wildman–Crippen LogP) is 4.12. The summed E-state index contributed by atoms with van der Waals surface area (Å²) in [6.45, 7) is 2.72. The lowest BCUT2D eigenvalue weighted by Gasteiger charge is -2.24. The highest BCUT2D eigenvalue weighted by molar-refractivity contribution is 5.93. The summed E-state index contributed by atoms with van der Waals surface area (Å²) in [4.78, 5) is 26.6.